The summed E-state index contributed by atoms with van der Waals surface area (Å²) in [6.07, 6.45) is 6.95. The van der Waals surface area contributed by atoms with Gasteiger partial charge in [0.25, 0.3) is 0 Å². The average Bonchev–Trinajstić information content (AvgIpc) is 2.91. The number of aromatic hydroxyl groups is 1. The Labute approximate surface area is 145 Å². The van der Waals surface area contributed by atoms with E-state index in [0.717, 1.165) is 44.8 Å². The molecule has 1 aromatic rings. The van der Waals surface area contributed by atoms with Gasteiger partial charge in [-0.15, -0.1) is 0 Å². The largest absolute Gasteiger partial charge is 0.507 e. The standard InChI is InChI=1S/C19H24O3.C2H6/c1-19-7-6-13-14(16(19)4-5-18(19)22)3-2-11-9-17(21)12(10-20)8-15(11)13;1-2/h8-10,13-14,16,18,21-22H,2-7H2,1H3;1-2H3/t13?,14?,16?,18-,19-;/m0./s1. The van der Waals surface area contributed by atoms with Crippen LogP contribution in [0.15, 0.2) is 12.1 Å². The third kappa shape index (κ3) is 2.48. The topological polar surface area (TPSA) is 57.5 Å². The smallest absolute Gasteiger partial charge is 0.153 e. The molecule has 2 N–H and O–H groups in total. The van der Waals surface area contributed by atoms with E-state index < -0.39 is 0 Å². The number of phenols is 1. The fourth-order valence-corrected chi connectivity index (χ4v) is 5.69. The molecule has 0 radical (unpaired) electrons. The third-order valence-electron chi connectivity index (χ3n) is 6.95. The van der Waals surface area contributed by atoms with Crippen LogP contribution in [0.3, 0.4) is 0 Å². The van der Waals surface area contributed by atoms with E-state index in [-0.39, 0.29) is 17.3 Å². The zero-order valence-electron chi connectivity index (χ0n) is 15.1. The first-order valence-electron chi connectivity index (χ1n) is 9.53. The van der Waals surface area contributed by atoms with E-state index in [4.69, 9.17) is 0 Å². The van der Waals surface area contributed by atoms with Gasteiger partial charge in [0.05, 0.1) is 11.7 Å². The van der Waals surface area contributed by atoms with Crippen LogP contribution in [0.4, 0.5) is 0 Å². The van der Waals surface area contributed by atoms with Gasteiger partial charge in [0.1, 0.15) is 5.75 Å². The van der Waals surface area contributed by atoms with Crippen LogP contribution in [0, 0.1) is 17.3 Å². The quantitative estimate of drug-likeness (QED) is 0.748. The van der Waals surface area contributed by atoms with Gasteiger partial charge in [0, 0.05) is 0 Å². The average molecular weight is 330 g/mol. The van der Waals surface area contributed by atoms with Crippen molar-refractivity contribution in [2.75, 3.05) is 0 Å². The number of phenolic OH excluding ortho intramolecular Hbond substituents is 1. The van der Waals surface area contributed by atoms with Gasteiger partial charge in [0.15, 0.2) is 6.29 Å². The highest BCUT2D eigenvalue weighted by Crippen LogP contribution is 2.61. The lowest BCUT2D eigenvalue weighted by Gasteiger charge is -2.50. The number of aryl methyl sites for hydroxylation is 1. The van der Waals surface area contributed by atoms with Crippen LogP contribution in [-0.4, -0.2) is 22.6 Å². The molecule has 2 fully saturated rings. The molecule has 132 valence electrons. The molecule has 3 unspecified atom stereocenters. The molecule has 3 aliphatic rings. The summed E-state index contributed by atoms with van der Waals surface area (Å²) in [4.78, 5) is 11.2. The first kappa shape index (κ1) is 17.5. The van der Waals surface area contributed by atoms with E-state index in [1.54, 1.807) is 6.07 Å². The predicted octanol–water partition coefficient (Wildman–Crippen LogP) is 4.45. The highest BCUT2D eigenvalue weighted by Gasteiger charge is 2.54. The van der Waals surface area contributed by atoms with Gasteiger partial charge in [-0.05, 0) is 85.0 Å². The van der Waals surface area contributed by atoms with Crippen molar-refractivity contribution in [1.29, 1.82) is 0 Å². The molecule has 2 saturated carbocycles. The maximum Gasteiger partial charge on any atom is 0.153 e. The SMILES string of the molecule is CC.C[C@]12CCC3c4cc(C=O)c(O)cc4CCC3C1CC[C@@H]2O. The molecule has 24 heavy (non-hydrogen) atoms. The fraction of sp³-hybridized carbons (Fsp3) is 0.667. The van der Waals surface area contributed by atoms with Crippen LogP contribution >= 0.6 is 0 Å². The van der Waals surface area contributed by atoms with Crippen molar-refractivity contribution in [2.45, 2.75) is 71.3 Å². The Morgan fingerprint density at radius 3 is 2.62 bits per heavy atom. The monoisotopic (exact) mass is 330 g/mol. The predicted molar refractivity (Wildman–Crippen MR) is 95.5 cm³/mol. The molecule has 0 aliphatic heterocycles. The van der Waals surface area contributed by atoms with Crippen molar-refractivity contribution < 1.29 is 15.0 Å². The van der Waals surface area contributed by atoms with Crippen LogP contribution in [0.25, 0.3) is 0 Å². The van der Waals surface area contributed by atoms with E-state index in [0.29, 0.717) is 23.3 Å². The van der Waals surface area contributed by atoms with E-state index >= 15 is 0 Å². The molecule has 1 aromatic carbocycles. The first-order valence-corrected chi connectivity index (χ1v) is 9.53. The molecular formula is C21H30O3. The summed E-state index contributed by atoms with van der Waals surface area (Å²) >= 11 is 0. The molecule has 0 saturated heterocycles. The molecular weight excluding hydrogens is 300 g/mol. The number of aliphatic hydroxyl groups excluding tert-OH is 1. The molecule has 0 amide bonds. The van der Waals surface area contributed by atoms with Crippen molar-refractivity contribution in [2.24, 2.45) is 17.3 Å². The molecule has 4 rings (SSSR count). The van der Waals surface area contributed by atoms with Crippen LogP contribution in [0.1, 0.15) is 80.3 Å². The number of carbonyl (C=O) groups excluding carboxylic acids is 1. The Kier molecular flexibility index (Phi) is 4.74. The number of aldehydes is 1. The lowest BCUT2D eigenvalue weighted by molar-refractivity contribution is -0.0226. The number of rotatable bonds is 1. The summed E-state index contributed by atoms with van der Waals surface area (Å²) in [6.45, 7) is 6.27. The van der Waals surface area contributed by atoms with Gasteiger partial charge in [0.2, 0.25) is 0 Å². The van der Waals surface area contributed by atoms with E-state index in [1.807, 2.05) is 19.9 Å². The summed E-state index contributed by atoms with van der Waals surface area (Å²) in [5.74, 6) is 1.82. The fourth-order valence-electron chi connectivity index (χ4n) is 5.69. The highest BCUT2D eigenvalue weighted by molar-refractivity contribution is 5.80. The second-order valence-corrected chi connectivity index (χ2v) is 7.78. The molecule has 3 aliphatic carbocycles. The molecule has 3 heteroatoms. The maximum absolute atomic E-state index is 11.2. The van der Waals surface area contributed by atoms with Gasteiger partial charge in [-0.3, -0.25) is 4.79 Å². The van der Waals surface area contributed by atoms with Crippen LogP contribution < -0.4 is 0 Å². The molecule has 0 spiro atoms. The second-order valence-electron chi connectivity index (χ2n) is 7.78. The molecule has 0 aromatic heterocycles. The number of benzene rings is 1. The van der Waals surface area contributed by atoms with Crippen molar-refractivity contribution in [1.82, 2.24) is 0 Å². The minimum Gasteiger partial charge on any atom is -0.507 e. The molecule has 0 bridgehead atoms. The van der Waals surface area contributed by atoms with Crippen molar-refractivity contribution >= 4 is 6.29 Å². The summed E-state index contributed by atoms with van der Waals surface area (Å²) in [7, 11) is 0. The van der Waals surface area contributed by atoms with Crippen molar-refractivity contribution in [3.8, 4) is 5.75 Å². The van der Waals surface area contributed by atoms with Crippen molar-refractivity contribution in [3.63, 3.8) is 0 Å². The van der Waals surface area contributed by atoms with E-state index in [1.165, 1.54) is 11.1 Å². The number of fused-ring (bicyclic) bond motifs is 5. The number of carbonyl (C=O) groups is 1. The summed E-state index contributed by atoms with van der Waals surface area (Å²) < 4.78 is 0. The summed E-state index contributed by atoms with van der Waals surface area (Å²) in [5, 5.41) is 20.3. The summed E-state index contributed by atoms with van der Waals surface area (Å²) in [5.41, 5.74) is 2.99. The Balaban J connectivity index is 0.000000815. The zero-order chi connectivity index (χ0) is 17.5. The van der Waals surface area contributed by atoms with E-state index in [9.17, 15) is 15.0 Å². The van der Waals surface area contributed by atoms with Crippen LogP contribution in [0.2, 0.25) is 0 Å². The number of hydrogen-bond donors (Lipinski definition) is 2. The Morgan fingerprint density at radius 1 is 1.17 bits per heavy atom. The Hall–Kier alpha value is -1.35. The van der Waals surface area contributed by atoms with E-state index in [2.05, 4.69) is 6.92 Å². The zero-order valence-corrected chi connectivity index (χ0v) is 15.1. The molecule has 0 heterocycles. The lowest BCUT2D eigenvalue weighted by Crippen LogP contribution is -2.43. The van der Waals surface area contributed by atoms with Crippen LogP contribution in [-0.2, 0) is 6.42 Å². The van der Waals surface area contributed by atoms with Gasteiger partial charge < -0.3 is 10.2 Å². The second kappa shape index (κ2) is 6.51. The number of hydrogen-bond acceptors (Lipinski definition) is 3. The Morgan fingerprint density at radius 2 is 1.92 bits per heavy atom. The minimum atomic E-state index is -0.148. The molecule has 5 atom stereocenters. The first-order chi connectivity index (χ1) is 11.5. The minimum absolute atomic E-state index is 0.0864. The van der Waals surface area contributed by atoms with Gasteiger partial charge in [-0.2, -0.15) is 0 Å². The number of aliphatic hydroxyl groups is 1. The highest BCUT2D eigenvalue weighted by atomic mass is 16.3. The van der Waals surface area contributed by atoms with Crippen LogP contribution in [0.5, 0.6) is 5.75 Å². The lowest BCUT2D eigenvalue weighted by atomic mass is 9.55. The third-order valence-corrected chi connectivity index (χ3v) is 6.95. The normalized spacial score (nSPS) is 36.7. The summed E-state index contributed by atoms with van der Waals surface area (Å²) in [6, 6.07) is 3.72. The van der Waals surface area contributed by atoms with Crippen molar-refractivity contribution in [3.05, 3.63) is 28.8 Å². The maximum atomic E-state index is 11.2. The van der Waals surface area contributed by atoms with Gasteiger partial charge in [-0.25, -0.2) is 0 Å². The van der Waals surface area contributed by atoms with Gasteiger partial charge in [-0.1, -0.05) is 20.8 Å². The Bertz CT molecular complexity index is 624. The van der Waals surface area contributed by atoms with Gasteiger partial charge >= 0.3 is 0 Å². The molecule has 3 nitrogen and oxygen atoms in total.